The van der Waals surface area contributed by atoms with Crippen LogP contribution in [-0.2, 0) is 6.42 Å². The molecule has 0 atom stereocenters. The maximum atomic E-state index is 6.38. The predicted octanol–water partition coefficient (Wildman–Crippen LogP) is 3.09. The fourth-order valence-electron chi connectivity index (χ4n) is 2.37. The summed E-state index contributed by atoms with van der Waals surface area (Å²) < 4.78 is 0. The third-order valence-corrected chi connectivity index (χ3v) is 3.68. The van der Waals surface area contributed by atoms with Gasteiger partial charge in [-0.1, -0.05) is 17.7 Å². The van der Waals surface area contributed by atoms with Crippen molar-refractivity contribution in [2.75, 3.05) is 31.6 Å². The average molecular weight is 253 g/mol. The largest absolute Gasteiger partial charge is 0.370 e. The molecule has 0 aromatic heterocycles. The van der Waals surface area contributed by atoms with Crippen LogP contribution in [0, 0.1) is 0 Å². The number of rotatable bonds is 4. The molecule has 1 aliphatic heterocycles. The van der Waals surface area contributed by atoms with Crippen molar-refractivity contribution in [3.05, 3.63) is 28.8 Å². The lowest BCUT2D eigenvalue weighted by Gasteiger charge is -2.29. The van der Waals surface area contributed by atoms with Crippen LogP contribution in [0.2, 0.25) is 5.02 Å². The summed E-state index contributed by atoms with van der Waals surface area (Å²) in [6, 6.07) is 6.49. The van der Waals surface area contributed by atoms with Crippen LogP contribution in [0.1, 0.15) is 24.8 Å². The molecule has 0 radical (unpaired) electrons. The van der Waals surface area contributed by atoms with Crippen molar-refractivity contribution in [3.8, 4) is 0 Å². The Bertz CT molecular complexity index is 359. The van der Waals surface area contributed by atoms with Gasteiger partial charge in [-0.25, -0.2) is 0 Å². The van der Waals surface area contributed by atoms with Gasteiger partial charge < -0.3 is 10.2 Å². The molecule has 1 aromatic carbocycles. The summed E-state index contributed by atoms with van der Waals surface area (Å²) in [5.74, 6) is 0. The van der Waals surface area contributed by atoms with Crippen LogP contribution in [-0.4, -0.2) is 26.7 Å². The molecule has 1 N–H and O–H groups in total. The fourth-order valence-corrected chi connectivity index (χ4v) is 2.69. The summed E-state index contributed by atoms with van der Waals surface area (Å²) in [6.45, 7) is 3.30. The molecule has 1 fully saturated rings. The first-order chi connectivity index (χ1) is 8.31. The van der Waals surface area contributed by atoms with E-state index in [1.807, 2.05) is 7.05 Å². The topological polar surface area (TPSA) is 15.3 Å². The molecule has 17 heavy (non-hydrogen) atoms. The van der Waals surface area contributed by atoms with E-state index in [0.717, 1.165) is 31.1 Å². The number of anilines is 1. The van der Waals surface area contributed by atoms with E-state index in [0.29, 0.717) is 0 Å². The lowest BCUT2D eigenvalue weighted by atomic mass is 10.1. The lowest BCUT2D eigenvalue weighted by Crippen LogP contribution is -2.29. The van der Waals surface area contributed by atoms with Gasteiger partial charge in [-0.15, -0.1) is 0 Å². The molecule has 0 aliphatic carbocycles. The minimum atomic E-state index is 0.903. The van der Waals surface area contributed by atoms with Gasteiger partial charge in [0.05, 0.1) is 10.7 Å². The number of hydrogen-bond acceptors (Lipinski definition) is 2. The Morgan fingerprint density at radius 3 is 2.65 bits per heavy atom. The van der Waals surface area contributed by atoms with Crippen molar-refractivity contribution < 1.29 is 0 Å². The van der Waals surface area contributed by atoms with Gasteiger partial charge in [0.2, 0.25) is 0 Å². The third-order valence-electron chi connectivity index (χ3n) is 3.37. The standard InChI is InChI=1S/C14H21ClN2/c1-16-8-7-12-5-6-14(13(15)11-12)17-9-3-2-4-10-17/h5-6,11,16H,2-4,7-10H2,1H3. The van der Waals surface area contributed by atoms with Gasteiger partial charge in [-0.3, -0.25) is 0 Å². The van der Waals surface area contributed by atoms with E-state index >= 15 is 0 Å². The Labute approximate surface area is 109 Å². The van der Waals surface area contributed by atoms with Crippen molar-refractivity contribution in [2.24, 2.45) is 0 Å². The highest BCUT2D eigenvalue weighted by atomic mass is 35.5. The zero-order valence-electron chi connectivity index (χ0n) is 10.5. The van der Waals surface area contributed by atoms with Crippen molar-refractivity contribution in [3.63, 3.8) is 0 Å². The van der Waals surface area contributed by atoms with Crippen molar-refractivity contribution >= 4 is 17.3 Å². The van der Waals surface area contributed by atoms with Gasteiger partial charge in [0.15, 0.2) is 0 Å². The summed E-state index contributed by atoms with van der Waals surface area (Å²) in [7, 11) is 1.98. The second kappa shape index (κ2) is 6.27. The van der Waals surface area contributed by atoms with Gasteiger partial charge in [-0.2, -0.15) is 0 Å². The van der Waals surface area contributed by atoms with Crippen molar-refractivity contribution in [1.82, 2.24) is 5.32 Å². The normalized spacial score (nSPS) is 16.2. The first kappa shape index (κ1) is 12.7. The minimum Gasteiger partial charge on any atom is -0.370 e. The van der Waals surface area contributed by atoms with Crippen molar-refractivity contribution in [2.45, 2.75) is 25.7 Å². The van der Waals surface area contributed by atoms with Gasteiger partial charge in [0.1, 0.15) is 0 Å². The van der Waals surface area contributed by atoms with E-state index in [4.69, 9.17) is 11.6 Å². The molecule has 2 nitrogen and oxygen atoms in total. The first-order valence-electron chi connectivity index (χ1n) is 6.49. The van der Waals surface area contributed by atoms with E-state index in [9.17, 15) is 0 Å². The molecule has 3 heteroatoms. The summed E-state index contributed by atoms with van der Waals surface area (Å²) >= 11 is 6.38. The number of nitrogens with one attached hydrogen (secondary N) is 1. The molecule has 0 bridgehead atoms. The van der Waals surface area contributed by atoms with Crippen LogP contribution in [0.5, 0.6) is 0 Å². The molecular formula is C14H21ClN2. The number of benzene rings is 1. The van der Waals surface area contributed by atoms with E-state index in [2.05, 4.69) is 28.4 Å². The SMILES string of the molecule is CNCCc1ccc(N2CCCCC2)c(Cl)c1. The Kier molecular flexibility index (Phi) is 4.69. The number of nitrogens with zero attached hydrogens (tertiary/aromatic N) is 1. The third kappa shape index (κ3) is 3.36. The Balaban J connectivity index is 2.07. The van der Waals surface area contributed by atoms with Gasteiger partial charge in [0, 0.05) is 13.1 Å². The highest BCUT2D eigenvalue weighted by Gasteiger charge is 2.13. The second-order valence-electron chi connectivity index (χ2n) is 4.69. The monoisotopic (exact) mass is 252 g/mol. The summed E-state index contributed by atoms with van der Waals surface area (Å²) in [5.41, 5.74) is 2.52. The zero-order valence-corrected chi connectivity index (χ0v) is 11.3. The first-order valence-corrected chi connectivity index (χ1v) is 6.87. The Morgan fingerprint density at radius 1 is 1.24 bits per heavy atom. The van der Waals surface area contributed by atoms with Gasteiger partial charge in [0.25, 0.3) is 0 Å². The second-order valence-corrected chi connectivity index (χ2v) is 5.09. The molecule has 0 saturated carbocycles. The Morgan fingerprint density at radius 2 is 2.00 bits per heavy atom. The molecule has 2 rings (SSSR count). The number of piperidine rings is 1. The van der Waals surface area contributed by atoms with Crippen LogP contribution in [0.15, 0.2) is 18.2 Å². The molecule has 1 aromatic rings. The molecule has 94 valence electrons. The molecule has 1 saturated heterocycles. The highest BCUT2D eigenvalue weighted by molar-refractivity contribution is 6.33. The molecule has 0 unspecified atom stereocenters. The van der Waals surface area contributed by atoms with E-state index in [1.165, 1.54) is 30.5 Å². The van der Waals surface area contributed by atoms with E-state index < -0.39 is 0 Å². The molecule has 1 heterocycles. The molecule has 1 aliphatic rings. The van der Waals surface area contributed by atoms with Crippen LogP contribution < -0.4 is 10.2 Å². The van der Waals surface area contributed by atoms with E-state index in [1.54, 1.807) is 0 Å². The Hall–Kier alpha value is -0.730. The molecular weight excluding hydrogens is 232 g/mol. The van der Waals surface area contributed by atoms with Crippen LogP contribution in [0.3, 0.4) is 0 Å². The maximum absolute atomic E-state index is 6.38. The predicted molar refractivity (Wildman–Crippen MR) is 75.1 cm³/mol. The summed E-state index contributed by atoms with van der Waals surface area (Å²) in [4.78, 5) is 2.41. The minimum absolute atomic E-state index is 0.903. The molecule has 0 amide bonds. The lowest BCUT2D eigenvalue weighted by molar-refractivity contribution is 0.578. The summed E-state index contributed by atoms with van der Waals surface area (Å²) in [5, 5.41) is 4.06. The quantitative estimate of drug-likeness (QED) is 0.886. The zero-order chi connectivity index (χ0) is 12.1. The van der Waals surface area contributed by atoms with Crippen LogP contribution in [0.4, 0.5) is 5.69 Å². The molecule has 0 spiro atoms. The maximum Gasteiger partial charge on any atom is 0.0642 e. The number of likely N-dealkylation sites (N-methyl/N-ethyl adjacent to an activating group) is 1. The average Bonchev–Trinajstić information content (AvgIpc) is 2.37. The van der Waals surface area contributed by atoms with Crippen LogP contribution >= 0.6 is 11.6 Å². The van der Waals surface area contributed by atoms with Gasteiger partial charge in [-0.05, 0) is 57.0 Å². The van der Waals surface area contributed by atoms with Crippen LogP contribution in [0.25, 0.3) is 0 Å². The van der Waals surface area contributed by atoms with E-state index in [-0.39, 0.29) is 0 Å². The highest BCUT2D eigenvalue weighted by Crippen LogP contribution is 2.29. The number of halogens is 1. The summed E-state index contributed by atoms with van der Waals surface area (Å²) in [6.07, 6.45) is 4.97. The van der Waals surface area contributed by atoms with Gasteiger partial charge >= 0.3 is 0 Å². The smallest absolute Gasteiger partial charge is 0.0642 e. The van der Waals surface area contributed by atoms with Crippen molar-refractivity contribution in [1.29, 1.82) is 0 Å². The number of hydrogen-bond donors (Lipinski definition) is 1. The fraction of sp³-hybridized carbons (Fsp3) is 0.571.